The van der Waals surface area contributed by atoms with Crippen molar-refractivity contribution in [2.45, 2.75) is 0 Å². The van der Waals surface area contributed by atoms with Crippen LogP contribution in [-0.4, -0.2) is 40.4 Å². The summed E-state index contributed by atoms with van der Waals surface area (Å²) >= 11 is 0. The minimum absolute atomic E-state index is 0.0510. The van der Waals surface area contributed by atoms with Crippen LogP contribution >= 0.6 is 0 Å². The maximum Gasteiger partial charge on any atom is 0.186 e. The van der Waals surface area contributed by atoms with E-state index >= 15 is 0 Å². The lowest BCUT2D eigenvalue weighted by atomic mass is 10.0. The van der Waals surface area contributed by atoms with E-state index in [9.17, 15) is 20.4 Å². The average molecular weight is 270 g/mol. The molecule has 20 heavy (non-hydrogen) atoms. The number of hydrogen-bond acceptors (Lipinski definition) is 8. The summed E-state index contributed by atoms with van der Waals surface area (Å²) in [5, 5.41) is 40.5. The maximum absolute atomic E-state index is 9.99. The molecule has 4 rings (SSSR count). The topological polar surface area (TPSA) is 132 Å². The first-order valence-corrected chi connectivity index (χ1v) is 5.57. The molecule has 8 nitrogen and oxygen atoms in total. The number of benzene rings is 2. The minimum atomic E-state index is -0.463. The van der Waals surface area contributed by atoms with Gasteiger partial charge in [-0.15, -0.1) is 0 Å². The fourth-order valence-corrected chi connectivity index (χ4v) is 2.41. The van der Waals surface area contributed by atoms with Crippen molar-refractivity contribution in [3.63, 3.8) is 0 Å². The highest BCUT2D eigenvalue weighted by Crippen LogP contribution is 2.48. The van der Waals surface area contributed by atoms with Gasteiger partial charge in [-0.1, -0.05) is 0 Å². The quantitative estimate of drug-likeness (QED) is 0.274. The van der Waals surface area contributed by atoms with Gasteiger partial charge in [0.25, 0.3) is 0 Å². The molecule has 0 spiro atoms. The van der Waals surface area contributed by atoms with Crippen LogP contribution in [0.4, 0.5) is 0 Å². The first kappa shape index (κ1) is 10.7. The van der Waals surface area contributed by atoms with E-state index < -0.39 is 23.0 Å². The van der Waals surface area contributed by atoms with E-state index in [0.29, 0.717) is 0 Å². The summed E-state index contributed by atoms with van der Waals surface area (Å²) in [5.41, 5.74) is 0.204. The standard InChI is InChI=1S/C12H6N4O4/c17-9-5-3-4-7(11(9)19)15-2-16-8(4)12(20)10(18)6(3)14-1-13-5/h1-2,17-20H. The number of hydrogen-bond donors (Lipinski definition) is 4. The van der Waals surface area contributed by atoms with Crippen LogP contribution in [-0.2, 0) is 0 Å². The highest BCUT2D eigenvalue weighted by atomic mass is 16.3. The third kappa shape index (κ3) is 1.02. The summed E-state index contributed by atoms with van der Waals surface area (Å²) in [6.07, 6.45) is 2.22. The van der Waals surface area contributed by atoms with Crippen LogP contribution in [0.1, 0.15) is 0 Å². The molecule has 4 N–H and O–H groups in total. The zero-order chi connectivity index (χ0) is 14.0. The lowest BCUT2D eigenvalue weighted by Gasteiger charge is -2.13. The molecular weight excluding hydrogens is 264 g/mol. The van der Waals surface area contributed by atoms with Crippen LogP contribution in [0.2, 0.25) is 0 Å². The van der Waals surface area contributed by atoms with Gasteiger partial charge in [0.2, 0.25) is 0 Å². The van der Waals surface area contributed by atoms with E-state index in [2.05, 4.69) is 19.9 Å². The molecule has 0 radical (unpaired) electrons. The molecule has 0 aliphatic heterocycles. The lowest BCUT2D eigenvalue weighted by Crippen LogP contribution is -1.94. The fraction of sp³-hybridized carbons (Fsp3) is 0. The number of phenols is 4. The van der Waals surface area contributed by atoms with Gasteiger partial charge < -0.3 is 20.4 Å². The Morgan fingerprint density at radius 3 is 1.00 bits per heavy atom. The molecular formula is C12H6N4O4. The fourth-order valence-electron chi connectivity index (χ4n) is 2.41. The molecule has 0 atom stereocenters. The summed E-state index contributed by atoms with van der Waals surface area (Å²) in [6.45, 7) is 0. The number of aromatic nitrogens is 4. The summed E-state index contributed by atoms with van der Waals surface area (Å²) in [4.78, 5) is 15.6. The van der Waals surface area contributed by atoms with E-state index in [4.69, 9.17) is 0 Å². The van der Waals surface area contributed by atoms with Gasteiger partial charge in [-0.05, 0) is 0 Å². The van der Waals surface area contributed by atoms with Gasteiger partial charge in [0.1, 0.15) is 34.7 Å². The van der Waals surface area contributed by atoms with E-state index in [0.717, 1.165) is 12.7 Å². The molecule has 0 fully saturated rings. The Hall–Kier alpha value is -3.16. The van der Waals surface area contributed by atoms with Gasteiger partial charge in [-0.25, -0.2) is 19.9 Å². The maximum atomic E-state index is 9.99. The van der Waals surface area contributed by atoms with Crippen molar-refractivity contribution in [2.24, 2.45) is 0 Å². The van der Waals surface area contributed by atoms with Crippen LogP contribution in [0.15, 0.2) is 12.7 Å². The Morgan fingerprint density at radius 1 is 0.500 bits per heavy atom. The molecule has 2 aromatic heterocycles. The zero-order valence-corrected chi connectivity index (χ0v) is 9.73. The van der Waals surface area contributed by atoms with Crippen molar-refractivity contribution in [3.05, 3.63) is 12.7 Å². The second-order valence-corrected chi connectivity index (χ2v) is 4.29. The summed E-state index contributed by atoms with van der Waals surface area (Å²) < 4.78 is 0. The van der Waals surface area contributed by atoms with E-state index in [1.807, 2.05) is 0 Å². The largest absolute Gasteiger partial charge is 0.503 e. The van der Waals surface area contributed by atoms with Gasteiger partial charge in [0.05, 0.1) is 0 Å². The second kappa shape index (κ2) is 3.23. The monoisotopic (exact) mass is 270 g/mol. The molecule has 0 aliphatic carbocycles. The minimum Gasteiger partial charge on any atom is -0.503 e. The third-order valence-corrected chi connectivity index (χ3v) is 3.29. The molecule has 0 unspecified atom stereocenters. The lowest BCUT2D eigenvalue weighted by molar-refractivity contribution is 0.408. The van der Waals surface area contributed by atoms with Gasteiger partial charge >= 0.3 is 0 Å². The van der Waals surface area contributed by atoms with Crippen LogP contribution in [0.25, 0.3) is 32.8 Å². The Balaban J connectivity index is 2.54. The van der Waals surface area contributed by atoms with E-state index in [1.54, 1.807) is 0 Å². The summed E-state index contributed by atoms with van der Waals surface area (Å²) in [6, 6.07) is 0. The summed E-state index contributed by atoms with van der Waals surface area (Å²) in [7, 11) is 0. The number of aromatic hydroxyl groups is 4. The van der Waals surface area contributed by atoms with Gasteiger partial charge in [-0.2, -0.15) is 0 Å². The molecule has 2 heterocycles. The predicted octanol–water partition coefficient (Wildman–Crippen LogP) is 0.986. The number of rotatable bonds is 0. The highest BCUT2D eigenvalue weighted by Gasteiger charge is 2.24. The molecule has 2 aromatic carbocycles. The van der Waals surface area contributed by atoms with Gasteiger partial charge in [-0.3, -0.25) is 0 Å². The Labute approximate surface area is 110 Å². The van der Waals surface area contributed by atoms with Gasteiger partial charge in [0.15, 0.2) is 23.0 Å². The van der Waals surface area contributed by atoms with E-state index in [-0.39, 0.29) is 32.8 Å². The van der Waals surface area contributed by atoms with Crippen LogP contribution in [0, 0.1) is 0 Å². The normalized spacial score (nSPS) is 11.8. The van der Waals surface area contributed by atoms with Crippen LogP contribution in [0.3, 0.4) is 0 Å². The molecule has 8 heteroatoms. The predicted molar refractivity (Wildman–Crippen MR) is 68.0 cm³/mol. The van der Waals surface area contributed by atoms with Crippen molar-refractivity contribution in [2.75, 3.05) is 0 Å². The first-order chi connectivity index (χ1) is 9.61. The van der Waals surface area contributed by atoms with Crippen molar-refractivity contribution in [1.29, 1.82) is 0 Å². The molecule has 0 saturated heterocycles. The van der Waals surface area contributed by atoms with Crippen LogP contribution in [0.5, 0.6) is 23.0 Å². The second-order valence-electron chi connectivity index (χ2n) is 4.29. The van der Waals surface area contributed by atoms with E-state index in [1.165, 1.54) is 0 Å². The Bertz CT molecular complexity index is 848. The smallest absolute Gasteiger partial charge is 0.186 e. The molecule has 98 valence electrons. The van der Waals surface area contributed by atoms with Crippen LogP contribution < -0.4 is 0 Å². The van der Waals surface area contributed by atoms with Crippen molar-refractivity contribution in [1.82, 2.24) is 19.9 Å². The molecule has 0 amide bonds. The van der Waals surface area contributed by atoms with Crippen molar-refractivity contribution >= 4 is 32.8 Å². The summed E-state index contributed by atoms with van der Waals surface area (Å²) in [5.74, 6) is -1.85. The first-order valence-electron chi connectivity index (χ1n) is 5.57. The Kier molecular flexibility index (Phi) is 1.74. The highest BCUT2D eigenvalue weighted by molar-refractivity contribution is 6.25. The van der Waals surface area contributed by atoms with Crippen molar-refractivity contribution < 1.29 is 20.4 Å². The number of phenolic OH excluding ortho intramolecular Hbond substituents is 4. The molecule has 4 aromatic rings. The average Bonchev–Trinajstić information content (AvgIpc) is 2.48. The van der Waals surface area contributed by atoms with Gasteiger partial charge in [0, 0.05) is 10.8 Å². The molecule has 0 saturated carbocycles. The Morgan fingerprint density at radius 2 is 0.750 bits per heavy atom. The SMILES string of the molecule is Oc1c(O)c2ncnc3c(O)c(O)c4ncnc1c4c23. The third-order valence-electron chi connectivity index (χ3n) is 3.29. The zero-order valence-electron chi connectivity index (χ0n) is 9.73. The molecule has 0 aliphatic rings. The van der Waals surface area contributed by atoms with Crippen molar-refractivity contribution in [3.8, 4) is 23.0 Å². The number of nitrogens with zero attached hydrogens (tertiary/aromatic N) is 4. The molecule has 0 bridgehead atoms.